The van der Waals surface area contributed by atoms with Gasteiger partial charge in [-0.15, -0.1) is 0 Å². The van der Waals surface area contributed by atoms with Gasteiger partial charge in [-0.1, -0.05) is 19.3 Å². The molecule has 0 radical (unpaired) electrons. The van der Waals surface area contributed by atoms with Crippen molar-refractivity contribution in [1.29, 1.82) is 0 Å². The molecule has 1 aliphatic rings. The van der Waals surface area contributed by atoms with Gasteiger partial charge in [0.2, 0.25) is 0 Å². The number of rotatable bonds is 4. The minimum absolute atomic E-state index is 0.0541. The van der Waals surface area contributed by atoms with Crippen LogP contribution in [0.5, 0.6) is 0 Å². The minimum atomic E-state index is -0.978. The number of carbonyl (C=O) groups is 1. The number of hydrogen-bond donors (Lipinski definition) is 2. The van der Waals surface area contributed by atoms with Gasteiger partial charge in [0, 0.05) is 0 Å². The minimum Gasteiger partial charge on any atom is -0.382 e. The predicted molar refractivity (Wildman–Crippen MR) is 55.3 cm³/mol. The van der Waals surface area contributed by atoms with Gasteiger partial charge in [-0.25, -0.2) is 0 Å². The fourth-order valence-electron chi connectivity index (χ4n) is 2.01. The first-order valence-electron chi connectivity index (χ1n) is 5.59. The second-order valence-electron chi connectivity index (χ2n) is 4.72. The van der Waals surface area contributed by atoms with Crippen molar-refractivity contribution in [3.63, 3.8) is 0 Å². The van der Waals surface area contributed by atoms with Gasteiger partial charge in [0.05, 0.1) is 27.1 Å². The van der Waals surface area contributed by atoms with Crippen LogP contribution in [0.15, 0.2) is 0 Å². The van der Waals surface area contributed by atoms with Crippen molar-refractivity contribution in [2.45, 2.75) is 44.1 Å². The Kier molecular flexibility index (Phi) is 4.08. The highest BCUT2D eigenvalue weighted by Gasteiger charge is 2.36. The third-order valence-corrected chi connectivity index (χ3v) is 3.05. The highest BCUT2D eigenvalue weighted by atomic mass is 16.3. The number of nitrogens with one attached hydrogen (secondary N) is 1. The normalized spacial score (nSPS) is 21.1. The molecule has 0 unspecified atom stereocenters. The van der Waals surface area contributed by atoms with Gasteiger partial charge in [0.25, 0.3) is 0 Å². The molecule has 0 aliphatic heterocycles. The molecule has 1 aliphatic carbocycles. The highest BCUT2D eigenvalue weighted by molar-refractivity contribution is 5.87. The van der Waals surface area contributed by atoms with Crippen LogP contribution in [-0.2, 0) is 4.79 Å². The van der Waals surface area contributed by atoms with Crippen molar-refractivity contribution in [2.75, 3.05) is 20.6 Å². The van der Waals surface area contributed by atoms with Gasteiger partial charge < -0.3 is 10.0 Å². The first-order chi connectivity index (χ1) is 6.54. The lowest BCUT2D eigenvalue weighted by Crippen LogP contribution is -3.05. The number of aliphatic hydroxyl groups is 1. The molecule has 0 atom stereocenters. The SMILES string of the molecule is C[NH+](C)CCC(=O)C1(O)CCCCC1. The number of ketones is 1. The van der Waals surface area contributed by atoms with E-state index in [1.54, 1.807) is 0 Å². The third-order valence-electron chi connectivity index (χ3n) is 3.05. The lowest BCUT2D eigenvalue weighted by atomic mass is 9.81. The maximum Gasteiger partial charge on any atom is 0.169 e. The molecule has 2 N–H and O–H groups in total. The average molecular weight is 200 g/mol. The monoisotopic (exact) mass is 200 g/mol. The van der Waals surface area contributed by atoms with Crippen LogP contribution in [0.25, 0.3) is 0 Å². The number of Topliss-reactive ketones (excluding diaryl/α,β-unsaturated/α-hetero) is 1. The third kappa shape index (κ3) is 3.07. The molecule has 1 fully saturated rings. The quantitative estimate of drug-likeness (QED) is 0.659. The Bertz CT molecular complexity index is 195. The van der Waals surface area contributed by atoms with Crippen molar-refractivity contribution in [1.82, 2.24) is 0 Å². The van der Waals surface area contributed by atoms with E-state index in [1.807, 2.05) is 14.1 Å². The Morgan fingerprint density at radius 3 is 2.36 bits per heavy atom. The summed E-state index contributed by atoms with van der Waals surface area (Å²) in [5.41, 5.74) is -0.978. The van der Waals surface area contributed by atoms with Crippen LogP contribution >= 0.6 is 0 Å². The maximum atomic E-state index is 11.8. The standard InChI is InChI=1S/C11H21NO2/c1-12(2)9-6-10(13)11(14)7-4-3-5-8-11/h14H,3-9H2,1-2H3/p+1. The molecular formula is C11H22NO2+. The van der Waals surface area contributed by atoms with E-state index in [-0.39, 0.29) is 5.78 Å². The summed E-state index contributed by atoms with van der Waals surface area (Å²) in [7, 11) is 4.05. The molecule has 1 saturated carbocycles. The van der Waals surface area contributed by atoms with Crippen LogP contribution in [0.2, 0.25) is 0 Å². The first kappa shape index (κ1) is 11.7. The Labute approximate surface area is 86.1 Å². The predicted octanol–water partition coefficient (Wildman–Crippen LogP) is -0.215. The van der Waals surface area contributed by atoms with Crippen LogP contribution in [0.1, 0.15) is 38.5 Å². The van der Waals surface area contributed by atoms with E-state index in [4.69, 9.17) is 0 Å². The fraction of sp³-hybridized carbons (Fsp3) is 0.909. The van der Waals surface area contributed by atoms with E-state index in [0.717, 1.165) is 25.8 Å². The van der Waals surface area contributed by atoms with Crippen LogP contribution in [0, 0.1) is 0 Å². The lowest BCUT2D eigenvalue weighted by Gasteiger charge is -2.30. The van der Waals surface area contributed by atoms with Crippen molar-refractivity contribution in [3.8, 4) is 0 Å². The molecule has 0 heterocycles. The Morgan fingerprint density at radius 1 is 1.29 bits per heavy atom. The lowest BCUT2D eigenvalue weighted by molar-refractivity contribution is -0.857. The molecular weight excluding hydrogens is 178 g/mol. The first-order valence-corrected chi connectivity index (χ1v) is 5.59. The van der Waals surface area contributed by atoms with Crippen molar-refractivity contribution in [3.05, 3.63) is 0 Å². The van der Waals surface area contributed by atoms with Crippen molar-refractivity contribution in [2.24, 2.45) is 0 Å². The van der Waals surface area contributed by atoms with Gasteiger partial charge in [-0.2, -0.15) is 0 Å². The largest absolute Gasteiger partial charge is 0.382 e. The molecule has 14 heavy (non-hydrogen) atoms. The van der Waals surface area contributed by atoms with Gasteiger partial charge in [-0.3, -0.25) is 4.79 Å². The molecule has 3 heteroatoms. The van der Waals surface area contributed by atoms with Gasteiger partial charge >= 0.3 is 0 Å². The summed E-state index contributed by atoms with van der Waals surface area (Å²) in [5.74, 6) is 0.0541. The van der Waals surface area contributed by atoms with E-state index in [0.29, 0.717) is 19.3 Å². The second kappa shape index (κ2) is 4.89. The zero-order valence-electron chi connectivity index (χ0n) is 9.31. The summed E-state index contributed by atoms with van der Waals surface area (Å²) >= 11 is 0. The average Bonchev–Trinajstić information content (AvgIpc) is 2.15. The van der Waals surface area contributed by atoms with Gasteiger partial charge in [0.1, 0.15) is 5.60 Å². The van der Waals surface area contributed by atoms with Crippen LogP contribution in [0.3, 0.4) is 0 Å². The Morgan fingerprint density at radius 2 is 1.86 bits per heavy atom. The van der Waals surface area contributed by atoms with E-state index in [1.165, 1.54) is 4.90 Å². The van der Waals surface area contributed by atoms with E-state index >= 15 is 0 Å². The summed E-state index contributed by atoms with van der Waals surface area (Å²) in [6, 6.07) is 0. The highest BCUT2D eigenvalue weighted by Crippen LogP contribution is 2.29. The molecule has 0 aromatic rings. The van der Waals surface area contributed by atoms with Crippen LogP contribution in [0.4, 0.5) is 0 Å². The molecule has 0 bridgehead atoms. The molecule has 0 amide bonds. The van der Waals surface area contributed by atoms with Crippen LogP contribution in [-0.4, -0.2) is 37.1 Å². The smallest absolute Gasteiger partial charge is 0.169 e. The molecule has 82 valence electrons. The van der Waals surface area contributed by atoms with E-state index in [2.05, 4.69) is 0 Å². The molecule has 0 aromatic heterocycles. The molecule has 3 nitrogen and oxygen atoms in total. The Hall–Kier alpha value is -0.410. The van der Waals surface area contributed by atoms with Crippen molar-refractivity contribution < 1.29 is 14.8 Å². The topological polar surface area (TPSA) is 41.7 Å². The second-order valence-corrected chi connectivity index (χ2v) is 4.72. The number of carbonyl (C=O) groups excluding carboxylic acids is 1. The van der Waals surface area contributed by atoms with Gasteiger partial charge in [-0.05, 0) is 12.8 Å². The molecule has 0 saturated heterocycles. The Balaban J connectivity index is 2.41. The van der Waals surface area contributed by atoms with Crippen LogP contribution < -0.4 is 4.90 Å². The zero-order valence-corrected chi connectivity index (χ0v) is 9.31. The van der Waals surface area contributed by atoms with E-state index < -0.39 is 5.60 Å². The summed E-state index contributed by atoms with van der Waals surface area (Å²) in [4.78, 5) is 13.0. The molecule has 0 spiro atoms. The van der Waals surface area contributed by atoms with Crippen molar-refractivity contribution >= 4 is 5.78 Å². The summed E-state index contributed by atoms with van der Waals surface area (Å²) in [6.07, 6.45) is 5.02. The summed E-state index contributed by atoms with van der Waals surface area (Å²) in [6.45, 7) is 0.821. The zero-order chi connectivity index (χ0) is 10.6. The van der Waals surface area contributed by atoms with E-state index in [9.17, 15) is 9.90 Å². The number of hydrogen-bond acceptors (Lipinski definition) is 2. The summed E-state index contributed by atoms with van der Waals surface area (Å²) in [5, 5.41) is 10.1. The number of quaternary nitrogens is 1. The molecule has 1 rings (SSSR count). The summed E-state index contributed by atoms with van der Waals surface area (Å²) < 4.78 is 0. The maximum absolute atomic E-state index is 11.8. The van der Waals surface area contributed by atoms with Gasteiger partial charge in [0.15, 0.2) is 5.78 Å². The fourth-order valence-corrected chi connectivity index (χ4v) is 2.01. The molecule has 0 aromatic carbocycles.